The number of rotatable bonds is 3. The highest BCUT2D eigenvalue weighted by Crippen LogP contribution is 2.52. The van der Waals surface area contributed by atoms with Crippen LogP contribution in [-0.4, -0.2) is 31.4 Å². The third kappa shape index (κ3) is 3.10. The minimum Gasteiger partial charge on any atom is -0.312 e. The Hall–Kier alpha value is -2.64. The smallest absolute Gasteiger partial charge is 0.227 e. The second-order valence-electron chi connectivity index (χ2n) is 8.61. The van der Waals surface area contributed by atoms with E-state index in [4.69, 9.17) is 0 Å². The van der Waals surface area contributed by atoms with E-state index in [0.29, 0.717) is 12.0 Å². The van der Waals surface area contributed by atoms with Crippen LogP contribution in [0.25, 0.3) is 0 Å². The topological polar surface area (TPSA) is 47.3 Å². The Bertz CT molecular complexity index is 905. The summed E-state index contributed by atoms with van der Waals surface area (Å²) in [6.45, 7) is 0.763. The van der Waals surface area contributed by atoms with E-state index in [-0.39, 0.29) is 16.9 Å². The number of benzene rings is 2. The summed E-state index contributed by atoms with van der Waals surface area (Å²) in [5.74, 6) is 0.187. The quantitative estimate of drug-likeness (QED) is 0.805. The fourth-order valence-corrected chi connectivity index (χ4v) is 5.15. The summed E-state index contributed by atoms with van der Waals surface area (Å²) in [5, 5.41) is 9.17. The van der Waals surface area contributed by atoms with Gasteiger partial charge in [-0.3, -0.25) is 9.69 Å². The molecule has 0 N–H and O–H groups in total. The van der Waals surface area contributed by atoms with Gasteiger partial charge in [-0.05, 0) is 69.0 Å². The molecule has 2 aromatic carbocycles. The normalized spacial score (nSPS) is 27.4. The van der Waals surface area contributed by atoms with Crippen molar-refractivity contribution in [1.29, 1.82) is 5.26 Å². The Labute approximate surface area is 167 Å². The molecule has 0 radical (unpaired) electrons. The molecule has 2 fully saturated rings. The predicted octanol–water partition coefficient (Wildman–Crippen LogP) is 4.31. The molecule has 28 heavy (non-hydrogen) atoms. The van der Waals surface area contributed by atoms with Gasteiger partial charge in [-0.2, -0.15) is 5.26 Å². The van der Waals surface area contributed by atoms with Gasteiger partial charge in [0.2, 0.25) is 5.91 Å². The van der Waals surface area contributed by atoms with Crippen LogP contribution in [0.3, 0.4) is 0 Å². The summed E-state index contributed by atoms with van der Waals surface area (Å²) in [6, 6.07) is 20.4. The van der Waals surface area contributed by atoms with Crippen LogP contribution in [-0.2, 0) is 10.3 Å². The van der Waals surface area contributed by atoms with Crippen molar-refractivity contribution in [3.8, 4) is 6.07 Å². The molecule has 0 unspecified atom stereocenters. The zero-order valence-corrected chi connectivity index (χ0v) is 16.7. The molecule has 0 bridgehead atoms. The van der Waals surface area contributed by atoms with Crippen molar-refractivity contribution in [2.75, 3.05) is 25.5 Å². The highest BCUT2D eigenvalue weighted by molar-refractivity contribution is 5.96. The fraction of sp³-hybridized carbons (Fsp3) is 0.417. The maximum Gasteiger partial charge on any atom is 0.227 e. The zero-order valence-electron chi connectivity index (χ0n) is 16.7. The van der Waals surface area contributed by atoms with Gasteiger partial charge < -0.3 is 4.90 Å². The Morgan fingerprint density at radius 2 is 1.71 bits per heavy atom. The molecule has 4 heteroatoms. The number of carbonyl (C=O) groups excluding carboxylic acids is 1. The van der Waals surface area contributed by atoms with E-state index >= 15 is 0 Å². The SMILES string of the molecule is CN(C)C1(c2ccccc2)CCC2(CC1)CC(=O)N(c1cccc(C#N)c1)C2. The van der Waals surface area contributed by atoms with Crippen LogP contribution in [0, 0.1) is 16.7 Å². The van der Waals surface area contributed by atoms with Crippen molar-refractivity contribution in [1.82, 2.24) is 4.90 Å². The highest BCUT2D eigenvalue weighted by Gasteiger charge is 2.50. The Morgan fingerprint density at radius 1 is 1.00 bits per heavy atom. The average Bonchev–Trinajstić information content (AvgIpc) is 3.05. The first kappa shape index (κ1) is 18.7. The van der Waals surface area contributed by atoms with Crippen molar-refractivity contribution in [3.63, 3.8) is 0 Å². The van der Waals surface area contributed by atoms with Crippen LogP contribution < -0.4 is 4.90 Å². The number of nitriles is 1. The van der Waals surface area contributed by atoms with Crippen LogP contribution in [0.2, 0.25) is 0 Å². The Kier molecular flexibility index (Phi) is 4.72. The lowest BCUT2D eigenvalue weighted by molar-refractivity contribution is -0.118. The number of hydrogen-bond donors (Lipinski definition) is 0. The van der Waals surface area contributed by atoms with E-state index in [0.717, 1.165) is 37.9 Å². The van der Waals surface area contributed by atoms with Gasteiger partial charge in [0, 0.05) is 24.2 Å². The molecule has 1 aliphatic carbocycles. The molecule has 144 valence electrons. The van der Waals surface area contributed by atoms with Gasteiger partial charge in [-0.1, -0.05) is 36.4 Å². The monoisotopic (exact) mass is 373 g/mol. The number of anilines is 1. The predicted molar refractivity (Wildman–Crippen MR) is 111 cm³/mol. The van der Waals surface area contributed by atoms with Crippen molar-refractivity contribution < 1.29 is 4.79 Å². The first-order chi connectivity index (χ1) is 13.5. The van der Waals surface area contributed by atoms with E-state index in [1.165, 1.54) is 5.56 Å². The summed E-state index contributed by atoms with van der Waals surface area (Å²) >= 11 is 0. The van der Waals surface area contributed by atoms with Crippen molar-refractivity contribution >= 4 is 11.6 Å². The van der Waals surface area contributed by atoms with Crippen molar-refractivity contribution in [2.45, 2.75) is 37.6 Å². The second-order valence-corrected chi connectivity index (χ2v) is 8.61. The highest BCUT2D eigenvalue weighted by atomic mass is 16.2. The van der Waals surface area contributed by atoms with E-state index in [1.54, 1.807) is 6.07 Å². The van der Waals surface area contributed by atoms with Crippen molar-refractivity contribution in [3.05, 3.63) is 65.7 Å². The molecule has 0 atom stereocenters. The lowest BCUT2D eigenvalue weighted by Crippen LogP contribution is -2.47. The van der Waals surface area contributed by atoms with Gasteiger partial charge in [0.25, 0.3) is 0 Å². The van der Waals surface area contributed by atoms with Crippen LogP contribution in [0.5, 0.6) is 0 Å². The summed E-state index contributed by atoms with van der Waals surface area (Å²) < 4.78 is 0. The first-order valence-corrected chi connectivity index (χ1v) is 10.0. The number of carbonyl (C=O) groups is 1. The summed E-state index contributed by atoms with van der Waals surface area (Å²) in [5.41, 5.74) is 2.93. The third-order valence-corrected chi connectivity index (χ3v) is 6.91. The fourth-order valence-electron chi connectivity index (χ4n) is 5.15. The van der Waals surface area contributed by atoms with Gasteiger partial charge >= 0.3 is 0 Å². The van der Waals surface area contributed by atoms with Gasteiger partial charge in [-0.25, -0.2) is 0 Å². The first-order valence-electron chi connectivity index (χ1n) is 10.0. The molecular formula is C24H27N3O. The summed E-state index contributed by atoms with van der Waals surface area (Å²) in [6.07, 6.45) is 4.81. The van der Waals surface area contributed by atoms with Crippen LogP contribution in [0.15, 0.2) is 54.6 Å². The van der Waals surface area contributed by atoms with Gasteiger partial charge in [0.15, 0.2) is 0 Å². The van der Waals surface area contributed by atoms with Gasteiger partial charge in [0.05, 0.1) is 11.6 Å². The number of hydrogen-bond acceptors (Lipinski definition) is 3. The minimum atomic E-state index is 0.0453. The lowest BCUT2D eigenvalue weighted by atomic mass is 9.64. The molecule has 2 aliphatic rings. The maximum atomic E-state index is 12.8. The van der Waals surface area contributed by atoms with Gasteiger partial charge in [-0.15, -0.1) is 0 Å². The molecule has 1 saturated heterocycles. The molecule has 0 aromatic heterocycles. The van der Waals surface area contributed by atoms with Crippen LogP contribution in [0.1, 0.15) is 43.2 Å². The average molecular weight is 374 g/mol. The molecule has 4 rings (SSSR count). The number of amides is 1. The van der Waals surface area contributed by atoms with E-state index in [2.05, 4.69) is 55.4 Å². The number of nitrogens with zero attached hydrogens (tertiary/aromatic N) is 3. The van der Waals surface area contributed by atoms with Gasteiger partial charge in [0.1, 0.15) is 0 Å². The summed E-state index contributed by atoms with van der Waals surface area (Å²) in [7, 11) is 4.34. The maximum absolute atomic E-state index is 12.8. The van der Waals surface area contributed by atoms with Crippen LogP contribution in [0.4, 0.5) is 5.69 Å². The molecule has 1 aliphatic heterocycles. The largest absolute Gasteiger partial charge is 0.312 e. The summed E-state index contributed by atoms with van der Waals surface area (Å²) in [4.78, 5) is 17.1. The molecule has 1 amide bonds. The van der Waals surface area contributed by atoms with E-state index in [9.17, 15) is 10.1 Å². The molecule has 1 saturated carbocycles. The Morgan fingerprint density at radius 3 is 2.36 bits per heavy atom. The molecule has 2 aromatic rings. The molecular weight excluding hydrogens is 346 g/mol. The second kappa shape index (κ2) is 7.07. The molecule has 1 spiro atoms. The lowest BCUT2D eigenvalue weighted by Gasteiger charge is -2.48. The Balaban J connectivity index is 1.56. The van der Waals surface area contributed by atoms with Crippen molar-refractivity contribution in [2.24, 2.45) is 5.41 Å². The minimum absolute atomic E-state index is 0.0453. The molecule has 4 nitrogen and oxygen atoms in total. The third-order valence-electron chi connectivity index (χ3n) is 6.91. The van der Waals surface area contributed by atoms with E-state index < -0.39 is 0 Å². The van der Waals surface area contributed by atoms with E-state index in [1.807, 2.05) is 23.1 Å². The molecule has 1 heterocycles. The zero-order chi connectivity index (χ0) is 19.8. The van der Waals surface area contributed by atoms with Crippen LogP contribution >= 0.6 is 0 Å². The standard InChI is InChI=1S/C24H27N3O/c1-26(2)24(20-8-4-3-5-9-20)13-11-23(12-14-24)16-22(28)27(18-23)21-10-6-7-19(15-21)17-25/h3-10,15H,11-14,16,18H2,1-2H3.